The molecule has 1 aliphatic rings. The summed E-state index contributed by atoms with van der Waals surface area (Å²) in [4.78, 5) is 11.7. The van der Waals surface area contributed by atoms with Crippen LogP contribution in [0.25, 0.3) is 0 Å². The molecule has 2 heterocycles. The van der Waals surface area contributed by atoms with Crippen LogP contribution in [0.15, 0.2) is 29.2 Å². The van der Waals surface area contributed by atoms with Crippen LogP contribution in [-0.2, 0) is 16.6 Å². The third-order valence-electron chi connectivity index (χ3n) is 5.80. The van der Waals surface area contributed by atoms with Crippen molar-refractivity contribution in [2.24, 2.45) is 0 Å². The second kappa shape index (κ2) is 9.50. The van der Waals surface area contributed by atoms with Gasteiger partial charge < -0.3 is 10.1 Å². The quantitative estimate of drug-likeness (QED) is 0.665. The minimum absolute atomic E-state index is 0.137. The molecule has 1 unspecified atom stereocenters. The molecule has 1 aromatic heterocycles. The average Bonchev–Trinajstić information content (AvgIpc) is 3.18. The van der Waals surface area contributed by atoms with Gasteiger partial charge in [0.1, 0.15) is 22.3 Å². The standard InChI is InChI=1S/C22H33N5O3S/c1-15(2)16-9-10-19(30-6)20(12-16)31(28,29)27(5)14-17-13-21(23-3)25-22(24-17)18-8-7-11-26(18)4/h9-10,12-13,15,18H,7-8,11,14H2,1-6H3,(H,23,24,25). The Hall–Kier alpha value is -2.23. The predicted octanol–water partition coefficient (Wildman–Crippen LogP) is 3.24. The van der Waals surface area contributed by atoms with Crippen molar-refractivity contribution in [1.82, 2.24) is 19.2 Å². The molecule has 0 saturated carbocycles. The number of methoxy groups -OCH3 is 1. The minimum Gasteiger partial charge on any atom is -0.495 e. The maximum atomic E-state index is 13.4. The Bertz CT molecular complexity index is 1030. The van der Waals surface area contributed by atoms with E-state index in [4.69, 9.17) is 9.72 Å². The Kier molecular flexibility index (Phi) is 7.18. The highest BCUT2D eigenvalue weighted by molar-refractivity contribution is 7.89. The van der Waals surface area contributed by atoms with Crippen LogP contribution < -0.4 is 10.1 Å². The van der Waals surface area contributed by atoms with E-state index in [0.717, 1.165) is 30.8 Å². The fourth-order valence-electron chi connectivity index (χ4n) is 3.85. The van der Waals surface area contributed by atoms with E-state index in [1.165, 1.54) is 11.4 Å². The van der Waals surface area contributed by atoms with Gasteiger partial charge in [-0.1, -0.05) is 19.9 Å². The van der Waals surface area contributed by atoms with Gasteiger partial charge in [0.2, 0.25) is 10.0 Å². The third kappa shape index (κ3) is 4.99. The molecule has 31 heavy (non-hydrogen) atoms. The van der Waals surface area contributed by atoms with E-state index in [2.05, 4.69) is 22.2 Å². The van der Waals surface area contributed by atoms with Crippen LogP contribution in [0.1, 0.15) is 55.7 Å². The summed E-state index contributed by atoms with van der Waals surface area (Å²) >= 11 is 0. The highest BCUT2D eigenvalue weighted by atomic mass is 32.2. The molecular weight excluding hydrogens is 414 g/mol. The van der Waals surface area contributed by atoms with Gasteiger partial charge in [0.05, 0.1) is 25.4 Å². The van der Waals surface area contributed by atoms with E-state index in [1.54, 1.807) is 32.3 Å². The maximum absolute atomic E-state index is 13.4. The summed E-state index contributed by atoms with van der Waals surface area (Å²) in [5.41, 5.74) is 1.60. The predicted molar refractivity (Wildman–Crippen MR) is 122 cm³/mol. The molecule has 1 aromatic carbocycles. The minimum atomic E-state index is -3.78. The van der Waals surface area contributed by atoms with Crippen LogP contribution in [0.5, 0.6) is 5.75 Å². The molecule has 0 radical (unpaired) electrons. The number of aromatic nitrogens is 2. The van der Waals surface area contributed by atoms with Crippen LogP contribution in [0, 0.1) is 0 Å². The largest absolute Gasteiger partial charge is 0.495 e. The fourth-order valence-corrected chi connectivity index (χ4v) is 5.18. The van der Waals surface area contributed by atoms with E-state index < -0.39 is 10.0 Å². The molecule has 0 bridgehead atoms. The van der Waals surface area contributed by atoms with Gasteiger partial charge in [-0.05, 0) is 50.0 Å². The zero-order valence-electron chi connectivity index (χ0n) is 19.2. The number of hydrogen-bond donors (Lipinski definition) is 1. The number of nitrogens with one attached hydrogen (secondary N) is 1. The van der Waals surface area contributed by atoms with Gasteiger partial charge in [-0.25, -0.2) is 18.4 Å². The first-order chi connectivity index (χ1) is 14.7. The Balaban J connectivity index is 1.93. The number of benzene rings is 1. The van der Waals surface area contributed by atoms with Crippen LogP contribution in [0.3, 0.4) is 0 Å². The van der Waals surface area contributed by atoms with Gasteiger partial charge in [-0.3, -0.25) is 4.90 Å². The Labute approximate surface area is 185 Å². The molecule has 1 N–H and O–H groups in total. The van der Waals surface area contributed by atoms with Crippen molar-refractivity contribution in [1.29, 1.82) is 0 Å². The summed E-state index contributed by atoms with van der Waals surface area (Å²) in [6, 6.07) is 7.26. The van der Waals surface area contributed by atoms with Gasteiger partial charge >= 0.3 is 0 Å². The van der Waals surface area contributed by atoms with Gasteiger partial charge in [-0.15, -0.1) is 0 Å². The van der Waals surface area contributed by atoms with Crippen LogP contribution in [0.2, 0.25) is 0 Å². The summed E-state index contributed by atoms with van der Waals surface area (Å²) < 4.78 is 33.5. The molecule has 1 atom stereocenters. The van der Waals surface area contributed by atoms with Crippen molar-refractivity contribution in [3.63, 3.8) is 0 Å². The molecule has 0 aliphatic carbocycles. The number of nitrogens with zero attached hydrogens (tertiary/aromatic N) is 4. The number of hydrogen-bond acceptors (Lipinski definition) is 7. The van der Waals surface area contributed by atoms with Crippen molar-refractivity contribution in [3.8, 4) is 5.75 Å². The molecule has 0 spiro atoms. The number of rotatable bonds is 8. The highest BCUT2D eigenvalue weighted by Crippen LogP contribution is 2.31. The van der Waals surface area contributed by atoms with Crippen molar-refractivity contribution in [2.45, 2.75) is 50.1 Å². The van der Waals surface area contributed by atoms with Gasteiger partial charge in [0, 0.05) is 20.2 Å². The number of sulfonamides is 1. The fraction of sp³-hybridized carbons (Fsp3) is 0.545. The first-order valence-electron chi connectivity index (χ1n) is 10.6. The average molecular weight is 448 g/mol. The normalized spacial score (nSPS) is 17.5. The van der Waals surface area contributed by atoms with Gasteiger partial charge in [0.25, 0.3) is 0 Å². The van der Waals surface area contributed by atoms with Crippen molar-refractivity contribution in [2.75, 3.05) is 40.1 Å². The molecule has 170 valence electrons. The Morgan fingerprint density at radius 2 is 2.03 bits per heavy atom. The molecule has 9 heteroatoms. The maximum Gasteiger partial charge on any atom is 0.246 e. The molecule has 1 saturated heterocycles. The second-order valence-corrected chi connectivity index (χ2v) is 10.3. The lowest BCUT2D eigenvalue weighted by atomic mass is 10.0. The second-order valence-electron chi connectivity index (χ2n) is 8.32. The Morgan fingerprint density at radius 3 is 2.61 bits per heavy atom. The van der Waals surface area contributed by atoms with E-state index in [-0.39, 0.29) is 23.4 Å². The zero-order chi connectivity index (χ0) is 22.8. The van der Waals surface area contributed by atoms with Gasteiger partial charge in [0.15, 0.2) is 0 Å². The zero-order valence-corrected chi connectivity index (χ0v) is 20.0. The van der Waals surface area contributed by atoms with E-state index in [0.29, 0.717) is 17.3 Å². The van der Waals surface area contributed by atoms with Crippen molar-refractivity contribution in [3.05, 3.63) is 41.3 Å². The molecule has 3 rings (SSSR count). The molecular formula is C22H33N5O3S. The molecule has 1 aliphatic heterocycles. The number of likely N-dealkylation sites (tertiary alicyclic amines) is 1. The molecule has 2 aromatic rings. The number of ether oxygens (including phenoxy) is 1. The topological polar surface area (TPSA) is 87.7 Å². The monoisotopic (exact) mass is 447 g/mol. The van der Waals surface area contributed by atoms with E-state index in [9.17, 15) is 8.42 Å². The summed E-state index contributed by atoms with van der Waals surface area (Å²) in [5.74, 6) is 1.96. The lowest BCUT2D eigenvalue weighted by Crippen LogP contribution is -2.28. The third-order valence-corrected chi connectivity index (χ3v) is 7.62. The highest BCUT2D eigenvalue weighted by Gasteiger charge is 2.28. The van der Waals surface area contributed by atoms with Crippen LogP contribution in [0.4, 0.5) is 5.82 Å². The lowest BCUT2D eigenvalue weighted by Gasteiger charge is -2.22. The summed E-state index contributed by atoms with van der Waals surface area (Å²) in [6.07, 6.45) is 2.10. The Morgan fingerprint density at radius 1 is 1.29 bits per heavy atom. The summed E-state index contributed by atoms with van der Waals surface area (Å²) in [6.45, 7) is 5.21. The lowest BCUT2D eigenvalue weighted by molar-refractivity contribution is 0.305. The SMILES string of the molecule is CNc1cc(CN(C)S(=O)(=O)c2cc(C(C)C)ccc2OC)nc(C2CCCN2C)n1. The smallest absolute Gasteiger partial charge is 0.246 e. The number of anilines is 1. The van der Waals surface area contributed by atoms with E-state index in [1.807, 2.05) is 19.9 Å². The van der Waals surface area contributed by atoms with Crippen molar-refractivity contribution >= 4 is 15.8 Å². The van der Waals surface area contributed by atoms with Crippen LogP contribution >= 0.6 is 0 Å². The molecule has 8 nitrogen and oxygen atoms in total. The van der Waals surface area contributed by atoms with Crippen molar-refractivity contribution < 1.29 is 13.2 Å². The molecule has 1 fully saturated rings. The van der Waals surface area contributed by atoms with Crippen LogP contribution in [-0.4, -0.2) is 62.4 Å². The van der Waals surface area contributed by atoms with E-state index >= 15 is 0 Å². The molecule has 0 amide bonds. The summed E-state index contributed by atoms with van der Waals surface area (Å²) in [7, 11) is 3.14. The summed E-state index contributed by atoms with van der Waals surface area (Å²) in [5, 5.41) is 3.07. The first kappa shape index (κ1) is 23.4. The first-order valence-corrected chi connectivity index (χ1v) is 12.0. The van der Waals surface area contributed by atoms with Gasteiger partial charge in [-0.2, -0.15) is 4.31 Å².